The Labute approximate surface area is 90.6 Å². The highest BCUT2D eigenvalue weighted by Gasteiger charge is 2.18. The van der Waals surface area contributed by atoms with E-state index in [1.165, 1.54) is 5.01 Å². The van der Waals surface area contributed by atoms with Crippen molar-refractivity contribution < 1.29 is 14.8 Å². The molecule has 0 aliphatic carbocycles. The molecule has 0 aliphatic rings. The Hall–Kier alpha value is -2.22. The van der Waals surface area contributed by atoms with Crippen molar-refractivity contribution in [2.24, 2.45) is 0 Å². The Morgan fingerprint density at radius 1 is 1.56 bits per heavy atom. The first-order valence-electron chi connectivity index (χ1n) is 4.24. The van der Waals surface area contributed by atoms with Gasteiger partial charge in [0, 0.05) is 20.2 Å². The molecule has 1 heterocycles. The molecule has 0 spiro atoms. The predicted octanol–water partition coefficient (Wildman–Crippen LogP) is 0.576. The molecule has 1 aromatic rings. The van der Waals surface area contributed by atoms with Crippen LogP contribution in [0.4, 0.5) is 11.5 Å². The van der Waals surface area contributed by atoms with Crippen LogP contribution in [0.3, 0.4) is 0 Å². The molecule has 86 valence electrons. The fourth-order valence-corrected chi connectivity index (χ4v) is 1.01. The van der Waals surface area contributed by atoms with Crippen molar-refractivity contribution in [1.29, 1.82) is 0 Å². The summed E-state index contributed by atoms with van der Waals surface area (Å²) < 4.78 is 0. The fourth-order valence-electron chi connectivity index (χ4n) is 1.01. The van der Waals surface area contributed by atoms with Crippen LogP contribution in [0.1, 0.15) is 10.5 Å². The lowest BCUT2D eigenvalue weighted by atomic mass is 10.3. The van der Waals surface area contributed by atoms with E-state index in [-0.39, 0.29) is 17.2 Å². The molecule has 0 saturated carbocycles. The van der Waals surface area contributed by atoms with Gasteiger partial charge in [0.2, 0.25) is 5.82 Å². The van der Waals surface area contributed by atoms with Gasteiger partial charge in [0.15, 0.2) is 5.69 Å². The number of anilines is 1. The maximum absolute atomic E-state index is 10.6. The monoisotopic (exact) mass is 226 g/mol. The van der Waals surface area contributed by atoms with Gasteiger partial charge in [-0.25, -0.2) is 14.8 Å². The molecule has 8 heteroatoms. The number of hydrogen-bond donors (Lipinski definition) is 2. The van der Waals surface area contributed by atoms with E-state index in [0.29, 0.717) is 0 Å². The highest BCUT2D eigenvalue weighted by molar-refractivity contribution is 5.86. The zero-order chi connectivity index (χ0) is 12.3. The van der Waals surface area contributed by atoms with Gasteiger partial charge in [-0.2, -0.15) is 0 Å². The summed E-state index contributed by atoms with van der Waals surface area (Å²) >= 11 is 0. The second-order valence-corrected chi connectivity index (χ2v) is 3.13. The van der Waals surface area contributed by atoms with Gasteiger partial charge in [0.05, 0.1) is 4.92 Å². The molecule has 0 fully saturated rings. The van der Waals surface area contributed by atoms with Crippen LogP contribution in [0.15, 0.2) is 12.1 Å². The zero-order valence-electron chi connectivity index (χ0n) is 8.67. The number of carbonyl (C=O) groups is 1. The van der Waals surface area contributed by atoms with Crippen molar-refractivity contribution in [2.45, 2.75) is 0 Å². The molecule has 8 nitrogen and oxygen atoms in total. The number of pyridine rings is 1. The van der Waals surface area contributed by atoms with Crippen LogP contribution in [0, 0.1) is 10.1 Å². The lowest BCUT2D eigenvalue weighted by Crippen LogP contribution is -2.22. The third-order valence-electron chi connectivity index (χ3n) is 1.62. The summed E-state index contributed by atoms with van der Waals surface area (Å²) in [6, 6.07) is 2.18. The second kappa shape index (κ2) is 4.53. The third kappa shape index (κ3) is 2.64. The van der Waals surface area contributed by atoms with E-state index >= 15 is 0 Å². The van der Waals surface area contributed by atoms with Gasteiger partial charge in [-0.05, 0) is 6.07 Å². The molecular weight excluding hydrogens is 216 g/mol. The van der Waals surface area contributed by atoms with Crippen LogP contribution in [-0.4, -0.2) is 40.1 Å². The number of aromatic carboxylic acids is 1. The molecule has 0 saturated heterocycles. The van der Waals surface area contributed by atoms with E-state index in [4.69, 9.17) is 5.11 Å². The molecule has 1 aromatic heterocycles. The molecule has 0 unspecified atom stereocenters. The summed E-state index contributed by atoms with van der Waals surface area (Å²) in [6.07, 6.45) is 0. The number of aromatic nitrogens is 1. The average molecular weight is 226 g/mol. The van der Waals surface area contributed by atoms with Crippen molar-refractivity contribution in [3.05, 3.63) is 27.9 Å². The van der Waals surface area contributed by atoms with Gasteiger partial charge in [-0.1, -0.05) is 0 Å². The highest BCUT2D eigenvalue weighted by Crippen LogP contribution is 2.22. The Balaban J connectivity index is 3.21. The zero-order valence-corrected chi connectivity index (χ0v) is 8.67. The Bertz CT molecular complexity index is 432. The number of carboxylic acids is 1. The topological polar surface area (TPSA) is 109 Å². The van der Waals surface area contributed by atoms with Crippen molar-refractivity contribution in [3.63, 3.8) is 0 Å². The van der Waals surface area contributed by atoms with Crippen LogP contribution >= 0.6 is 0 Å². The molecule has 2 N–H and O–H groups in total. The standard InChI is InChI=1S/C8H10N4O4/c1-11(2)10-7-6(12(15)16)4-3-5(9-7)8(13)14/h3-4H,1-2H3,(H,9,10)(H,13,14). The van der Waals surface area contributed by atoms with E-state index in [0.717, 1.165) is 12.1 Å². The van der Waals surface area contributed by atoms with Crippen LogP contribution in [0.25, 0.3) is 0 Å². The summed E-state index contributed by atoms with van der Waals surface area (Å²) in [4.78, 5) is 24.3. The van der Waals surface area contributed by atoms with E-state index in [1.54, 1.807) is 14.1 Å². The molecule has 16 heavy (non-hydrogen) atoms. The van der Waals surface area contributed by atoms with Crippen LogP contribution in [0.2, 0.25) is 0 Å². The quantitative estimate of drug-likeness (QED) is 0.570. The van der Waals surface area contributed by atoms with E-state index in [9.17, 15) is 14.9 Å². The smallest absolute Gasteiger partial charge is 0.354 e. The van der Waals surface area contributed by atoms with Gasteiger partial charge in [-0.15, -0.1) is 0 Å². The lowest BCUT2D eigenvalue weighted by molar-refractivity contribution is -0.384. The van der Waals surface area contributed by atoms with Gasteiger partial charge in [-0.3, -0.25) is 15.5 Å². The van der Waals surface area contributed by atoms with E-state index in [1.807, 2.05) is 0 Å². The summed E-state index contributed by atoms with van der Waals surface area (Å²) in [5.41, 5.74) is 2.03. The number of nitrogens with zero attached hydrogens (tertiary/aromatic N) is 3. The lowest BCUT2D eigenvalue weighted by Gasteiger charge is -2.12. The van der Waals surface area contributed by atoms with Crippen LogP contribution in [-0.2, 0) is 0 Å². The Morgan fingerprint density at radius 3 is 2.62 bits per heavy atom. The number of nitro groups is 1. The Morgan fingerprint density at radius 2 is 2.19 bits per heavy atom. The third-order valence-corrected chi connectivity index (χ3v) is 1.62. The normalized spacial score (nSPS) is 10.2. The molecule has 0 aliphatic heterocycles. The van der Waals surface area contributed by atoms with Crippen LogP contribution in [0.5, 0.6) is 0 Å². The number of hydrogen-bond acceptors (Lipinski definition) is 6. The number of rotatable bonds is 4. The van der Waals surface area contributed by atoms with Gasteiger partial charge in [0.1, 0.15) is 0 Å². The predicted molar refractivity (Wildman–Crippen MR) is 55.2 cm³/mol. The first-order valence-corrected chi connectivity index (χ1v) is 4.24. The Kier molecular flexibility index (Phi) is 3.36. The van der Waals surface area contributed by atoms with Gasteiger partial charge < -0.3 is 5.11 Å². The van der Waals surface area contributed by atoms with Crippen molar-refractivity contribution >= 4 is 17.5 Å². The SMILES string of the molecule is CN(C)Nc1nc(C(=O)O)ccc1[N+](=O)[O-]. The molecule has 0 atom stereocenters. The van der Waals surface area contributed by atoms with Crippen LogP contribution < -0.4 is 5.43 Å². The van der Waals surface area contributed by atoms with Gasteiger partial charge in [0.25, 0.3) is 0 Å². The first-order chi connectivity index (χ1) is 7.41. The van der Waals surface area contributed by atoms with Crippen molar-refractivity contribution in [3.8, 4) is 0 Å². The summed E-state index contributed by atoms with van der Waals surface area (Å²) in [7, 11) is 3.22. The van der Waals surface area contributed by atoms with Gasteiger partial charge >= 0.3 is 11.7 Å². The molecular formula is C8H10N4O4. The number of carboxylic acid groups (broad SMARTS) is 1. The molecule has 0 aromatic carbocycles. The van der Waals surface area contributed by atoms with Crippen molar-refractivity contribution in [2.75, 3.05) is 19.5 Å². The molecule has 0 radical (unpaired) electrons. The summed E-state index contributed by atoms with van der Waals surface area (Å²) in [5.74, 6) is -1.34. The average Bonchev–Trinajstić information content (AvgIpc) is 2.15. The largest absolute Gasteiger partial charge is 0.477 e. The minimum absolute atomic E-state index is 0.102. The molecule has 0 amide bonds. The maximum atomic E-state index is 10.6. The maximum Gasteiger partial charge on any atom is 0.354 e. The van der Waals surface area contributed by atoms with E-state index in [2.05, 4.69) is 10.4 Å². The minimum atomic E-state index is -1.24. The van der Waals surface area contributed by atoms with Crippen molar-refractivity contribution in [1.82, 2.24) is 9.99 Å². The first kappa shape index (κ1) is 11.9. The molecule has 0 bridgehead atoms. The molecule has 1 rings (SSSR count). The van der Waals surface area contributed by atoms with E-state index < -0.39 is 10.9 Å². The fraction of sp³-hybridized carbons (Fsp3) is 0.250. The number of hydrazine groups is 1. The number of nitrogens with one attached hydrogen (secondary N) is 1. The summed E-state index contributed by atoms with van der Waals surface area (Å²) in [6.45, 7) is 0. The highest BCUT2D eigenvalue weighted by atomic mass is 16.6. The second-order valence-electron chi connectivity index (χ2n) is 3.13. The minimum Gasteiger partial charge on any atom is -0.477 e. The summed E-state index contributed by atoms with van der Waals surface area (Å²) in [5, 5.41) is 20.8.